The van der Waals surface area contributed by atoms with Crippen molar-refractivity contribution in [2.75, 3.05) is 45.1 Å². The van der Waals surface area contributed by atoms with Crippen molar-refractivity contribution in [1.29, 1.82) is 0 Å². The van der Waals surface area contributed by atoms with E-state index in [1.54, 1.807) is 6.07 Å². The van der Waals surface area contributed by atoms with Gasteiger partial charge in [0.1, 0.15) is 0 Å². The number of nitrogens with one attached hydrogen (secondary N) is 1. The van der Waals surface area contributed by atoms with Crippen molar-refractivity contribution in [2.45, 2.75) is 32.6 Å². The summed E-state index contributed by atoms with van der Waals surface area (Å²) >= 11 is 13.9. The van der Waals surface area contributed by atoms with E-state index >= 15 is 0 Å². The van der Waals surface area contributed by atoms with Crippen LogP contribution in [-0.2, 0) is 16.6 Å². The Morgan fingerprint density at radius 2 is 1.90 bits per heavy atom. The molecule has 29 heavy (non-hydrogen) atoms. The molecule has 5 nitrogen and oxygen atoms in total. The van der Waals surface area contributed by atoms with Gasteiger partial charge in [0.25, 0.3) is 0 Å². The van der Waals surface area contributed by atoms with Crippen molar-refractivity contribution in [3.05, 3.63) is 44.4 Å². The van der Waals surface area contributed by atoms with Gasteiger partial charge < -0.3 is 10.2 Å². The summed E-state index contributed by atoms with van der Waals surface area (Å²) in [5, 5.41) is 4.92. The lowest BCUT2D eigenvalue weighted by molar-refractivity contribution is -0.117. The van der Waals surface area contributed by atoms with Crippen LogP contribution in [-0.4, -0.2) is 60.5 Å². The number of hydrogen-bond donors (Lipinski definition) is 1. The Balaban J connectivity index is 1.73. The van der Waals surface area contributed by atoms with Crippen molar-refractivity contribution in [1.82, 2.24) is 14.8 Å². The summed E-state index contributed by atoms with van der Waals surface area (Å²) < 4.78 is 0. The van der Waals surface area contributed by atoms with Crippen LogP contribution in [0.2, 0.25) is 10.0 Å². The van der Waals surface area contributed by atoms with E-state index in [9.17, 15) is 4.79 Å². The zero-order chi connectivity index (χ0) is 21.2. The molecule has 2 heterocycles. The predicted octanol–water partition coefficient (Wildman–Crippen LogP) is 4.52. The molecule has 1 amide bonds. The quantitative estimate of drug-likeness (QED) is 0.720. The number of amides is 1. The number of hydrogen-bond acceptors (Lipinski definition) is 5. The van der Waals surface area contributed by atoms with Crippen LogP contribution >= 0.6 is 34.5 Å². The lowest BCUT2D eigenvalue weighted by Gasteiger charge is -2.31. The van der Waals surface area contributed by atoms with Gasteiger partial charge in [-0.2, -0.15) is 0 Å². The number of nitrogens with zero attached hydrogens (tertiary/aromatic N) is 3. The molecular formula is C21H28Cl2N4OS. The minimum Gasteiger partial charge on any atom is -0.304 e. The van der Waals surface area contributed by atoms with E-state index in [1.165, 1.54) is 11.3 Å². The Labute approximate surface area is 187 Å². The highest BCUT2D eigenvalue weighted by molar-refractivity contribution is 7.15. The summed E-state index contributed by atoms with van der Waals surface area (Å²) in [6, 6.07) is 5.55. The highest BCUT2D eigenvalue weighted by Gasteiger charge is 2.25. The average Bonchev–Trinajstić information content (AvgIpc) is 3.02. The zero-order valence-corrected chi connectivity index (χ0v) is 19.7. The fraction of sp³-hybridized carbons (Fsp3) is 0.524. The summed E-state index contributed by atoms with van der Waals surface area (Å²) in [6.07, 6.45) is 0.661. The largest absolute Gasteiger partial charge is 0.304 e. The molecule has 0 saturated carbocycles. The van der Waals surface area contributed by atoms with E-state index in [2.05, 4.69) is 42.9 Å². The standard InChI is InChI=1S/C21H28Cl2N4OS/c1-21(2,3)19-17(11-14-5-6-15(22)12-16(14)23)29-20(25-19)24-18(28)13-27-9-7-26(4)8-10-27/h5-6,12H,7-11,13H2,1-4H3,(H,24,25,28). The van der Waals surface area contributed by atoms with E-state index in [0.29, 0.717) is 28.1 Å². The Morgan fingerprint density at radius 3 is 2.52 bits per heavy atom. The molecule has 1 N–H and O–H groups in total. The number of carbonyl (C=O) groups is 1. The monoisotopic (exact) mass is 454 g/mol. The molecule has 2 aromatic rings. The van der Waals surface area contributed by atoms with Gasteiger partial charge in [0.15, 0.2) is 5.13 Å². The van der Waals surface area contributed by atoms with E-state index in [-0.39, 0.29) is 11.3 Å². The third-order valence-electron chi connectivity index (χ3n) is 4.98. The summed E-state index contributed by atoms with van der Waals surface area (Å²) in [6.45, 7) is 10.6. The predicted molar refractivity (Wildman–Crippen MR) is 123 cm³/mol. The van der Waals surface area contributed by atoms with Crippen LogP contribution in [0.4, 0.5) is 5.13 Å². The topological polar surface area (TPSA) is 48.5 Å². The van der Waals surface area contributed by atoms with Crippen LogP contribution in [0.5, 0.6) is 0 Å². The van der Waals surface area contributed by atoms with Crippen molar-refractivity contribution < 1.29 is 4.79 Å². The van der Waals surface area contributed by atoms with Crippen LogP contribution in [0.1, 0.15) is 36.9 Å². The lowest BCUT2D eigenvalue weighted by Crippen LogP contribution is -2.47. The van der Waals surface area contributed by atoms with Crippen molar-refractivity contribution in [2.24, 2.45) is 0 Å². The van der Waals surface area contributed by atoms with Gasteiger partial charge >= 0.3 is 0 Å². The van der Waals surface area contributed by atoms with Crippen molar-refractivity contribution in [3.63, 3.8) is 0 Å². The Hall–Kier alpha value is -1.18. The maximum absolute atomic E-state index is 12.5. The SMILES string of the molecule is CN1CCN(CC(=O)Nc2nc(C(C)(C)C)c(Cc3ccc(Cl)cc3Cl)s2)CC1. The van der Waals surface area contributed by atoms with E-state index < -0.39 is 0 Å². The minimum atomic E-state index is -0.134. The first-order chi connectivity index (χ1) is 13.6. The third kappa shape index (κ3) is 6.15. The average molecular weight is 455 g/mol. The minimum absolute atomic E-state index is 0.0140. The second kappa shape index (κ2) is 9.31. The smallest absolute Gasteiger partial charge is 0.240 e. The Morgan fingerprint density at radius 1 is 1.21 bits per heavy atom. The van der Waals surface area contributed by atoms with Gasteiger partial charge in [-0.1, -0.05) is 50.0 Å². The van der Waals surface area contributed by atoms with E-state index in [1.807, 2.05) is 12.1 Å². The summed E-state index contributed by atoms with van der Waals surface area (Å²) in [7, 11) is 2.11. The van der Waals surface area contributed by atoms with Gasteiger partial charge in [0.2, 0.25) is 5.91 Å². The van der Waals surface area contributed by atoms with Gasteiger partial charge in [-0.3, -0.25) is 9.69 Å². The van der Waals surface area contributed by atoms with Crippen LogP contribution in [0.25, 0.3) is 0 Å². The van der Waals surface area contributed by atoms with Gasteiger partial charge in [0.05, 0.1) is 12.2 Å². The zero-order valence-electron chi connectivity index (χ0n) is 17.4. The Bertz CT molecular complexity index is 870. The van der Waals surface area contributed by atoms with Crippen molar-refractivity contribution in [3.8, 4) is 0 Å². The number of benzene rings is 1. The fourth-order valence-electron chi connectivity index (χ4n) is 3.32. The van der Waals surface area contributed by atoms with Gasteiger partial charge in [0, 0.05) is 52.9 Å². The summed E-state index contributed by atoms with van der Waals surface area (Å²) in [5.41, 5.74) is 1.86. The first-order valence-corrected chi connectivity index (χ1v) is 11.3. The number of likely N-dealkylation sites (N-methyl/N-ethyl adjacent to an activating group) is 1. The van der Waals surface area contributed by atoms with Crippen LogP contribution in [0.3, 0.4) is 0 Å². The number of aromatic nitrogens is 1. The molecule has 1 aliphatic heterocycles. The van der Waals surface area contributed by atoms with Gasteiger partial charge in [-0.15, -0.1) is 11.3 Å². The highest BCUT2D eigenvalue weighted by Crippen LogP contribution is 2.35. The lowest BCUT2D eigenvalue weighted by atomic mass is 9.90. The molecule has 0 radical (unpaired) electrons. The maximum atomic E-state index is 12.5. The number of rotatable bonds is 5. The molecule has 0 unspecified atom stereocenters. The first kappa shape index (κ1) is 22.5. The molecule has 0 aliphatic carbocycles. The molecule has 0 spiro atoms. The second-order valence-corrected chi connectivity index (χ2v) is 10.5. The highest BCUT2D eigenvalue weighted by atomic mass is 35.5. The molecule has 0 bridgehead atoms. The molecule has 158 valence electrons. The maximum Gasteiger partial charge on any atom is 0.240 e. The van der Waals surface area contributed by atoms with Crippen LogP contribution in [0, 0.1) is 0 Å². The molecule has 1 aromatic heterocycles. The van der Waals surface area contributed by atoms with Crippen LogP contribution < -0.4 is 5.32 Å². The molecule has 1 saturated heterocycles. The van der Waals surface area contributed by atoms with Gasteiger partial charge in [-0.25, -0.2) is 4.98 Å². The summed E-state index contributed by atoms with van der Waals surface area (Å²) in [4.78, 5) is 22.9. The number of piperazine rings is 1. The number of anilines is 1. The number of halogens is 2. The molecule has 0 atom stereocenters. The van der Waals surface area contributed by atoms with Gasteiger partial charge in [-0.05, 0) is 24.7 Å². The van der Waals surface area contributed by atoms with Crippen molar-refractivity contribution >= 4 is 45.6 Å². The molecule has 8 heteroatoms. The molecule has 1 aromatic carbocycles. The van der Waals surface area contributed by atoms with E-state index in [0.717, 1.165) is 42.3 Å². The summed E-state index contributed by atoms with van der Waals surface area (Å²) in [5.74, 6) is -0.0140. The molecule has 1 fully saturated rings. The molecular weight excluding hydrogens is 427 g/mol. The third-order valence-corrected chi connectivity index (χ3v) is 6.54. The Kier molecular flexibility index (Phi) is 7.23. The normalized spacial score (nSPS) is 16.2. The number of carbonyl (C=O) groups excluding carboxylic acids is 1. The van der Waals surface area contributed by atoms with E-state index in [4.69, 9.17) is 28.2 Å². The second-order valence-electron chi connectivity index (χ2n) is 8.58. The molecule has 1 aliphatic rings. The fourth-order valence-corrected chi connectivity index (χ4v) is 5.00. The molecule has 3 rings (SSSR count). The first-order valence-electron chi connectivity index (χ1n) is 9.76. The number of thiazole rings is 1. The van der Waals surface area contributed by atoms with Crippen LogP contribution in [0.15, 0.2) is 18.2 Å².